The number of fused-ring (bicyclic) bond motifs is 1. The lowest BCUT2D eigenvalue weighted by Gasteiger charge is -2.34. The molecule has 0 aliphatic carbocycles. The summed E-state index contributed by atoms with van der Waals surface area (Å²) >= 11 is 0. The van der Waals surface area contributed by atoms with Crippen LogP contribution in [0.15, 0.2) is 22.9 Å². The summed E-state index contributed by atoms with van der Waals surface area (Å²) in [5.41, 5.74) is 0.570. The Morgan fingerprint density at radius 3 is 3.04 bits per heavy atom. The molecule has 0 N–H and O–H groups in total. The molecule has 132 valence electrons. The van der Waals surface area contributed by atoms with Crippen molar-refractivity contribution in [1.82, 2.24) is 20.0 Å². The van der Waals surface area contributed by atoms with Crippen LogP contribution < -0.4 is 0 Å². The molecule has 4 heterocycles. The second kappa shape index (κ2) is 6.51. The quantitative estimate of drug-likeness (QED) is 0.843. The van der Waals surface area contributed by atoms with Gasteiger partial charge in [0.05, 0.1) is 18.7 Å². The normalized spacial score (nSPS) is 25.8. The Morgan fingerprint density at radius 2 is 2.32 bits per heavy atom. The van der Waals surface area contributed by atoms with Gasteiger partial charge in [0, 0.05) is 25.7 Å². The van der Waals surface area contributed by atoms with E-state index in [4.69, 9.17) is 9.26 Å². The number of aryl methyl sites for hydroxylation is 1. The van der Waals surface area contributed by atoms with Gasteiger partial charge in [-0.15, -0.1) is 0 Å². The van der Waals surface area contributed by atoms with E-state index in [-0.39, 0.29) is 24.5 Å². The van der Waals surface area contributed by atoms with E-state index in [2.05, 4.69) is 15.1 Å². The number of aromatic nitrogens is 3. The molecule has 0 bridgehead atoms. The summed E-state index contributed by atoms with van der Waals surface area (Å²) in [5.74, 6) is 1.09. The molecule has 0 spiro atoms. The number of pyridine rings is 1. The molecule has 3 atom stereocenters. The van der Waals surface area contributed by atoms with Gasteiger partial charge in [-0.2, -0.15) is 4.98 Å². The third-order valence-electron chi connectivity index (χ3n) is 4.86. The Balaban J connectivity index is 1.37. The zero-order valence-electron chi connectivity index (χ0n) is 13.9. The highest BCUT2D eigenvalue weighted by Crippen LogP contribution is 2.40. The third-order valence-corrected chi connectivity index (χ3v) is 4.86. The van der Waals surface area contributed by atoms with Crippen molar-refractivity contribution in [2.24, 2.45) is 5.92 Å². The van der Waals surface area contributed by atoms with Gasteiger partial charge in [0.15, 0.2) is 0 Å². The Labute approximate surface area is 144 Å². The number of likely N-dealkylation sites (tertiary alicyclic amines) is 1. The summed E-state index contributed by atoms with van der Waals surface area (Å²) in [6.45, 7) is 3.00. The van der Waals surface area contributed by atoms with Crippen LogP contribution in [0.3, 0.4) is 0 Å². The molecule has 4 rings (SSSR count). The first-order valence-electron chi connectivity index (χ1n) is 8.42. The van der Waals surface area contributed by atoms with Gasteiger partial charge in [0.1, 0.15) is 11.9 Å². The van der Waals surface area contributed by atoms with E-state index in [9.17, 15) is 9.18 Å². The van der Waals surface area contributed by atoms with E-state index in [0.29, 0.717) is 36.4 Å². The average Bonchev–Trinajstić information content (AvgIpc) is 3.22. The van der Waals surface area contributed by atoms with Crippen LogP contribution in [0.5, 0.6) is 0 Å². The van der Waals surface area contributed by atoms with E-state index in [1.54, 1.807) is 17.9 Å². The van der Waals surface area contributed by atoms with Crippen molar-refractivity contribution in [3.05, 3.63) is 41.6 Å². The van der Waals surface area contributed by atoms with Gasteiger partial charge >= 0.3 is 0 Å². The number of rotatable bonds is 3. The molecule has 2 aliphatic heterocycles. The SMILES string of the molecule is Cc1nc([C@H]2C[C@@H]3CCN(C(=O)Cc4ccc(F)cn4)C[C@H]3O2)no1. The summed E-state index contributed by atoms with van der Waals surface area (Å²) < 4.78 is 24.0. The van der Waals surface area contributed by atoms with Gasteiger partial charge in [-0.25, -0.2) is 4.39 Å². The molecule has 0 saturated carbocycles. The fraction of sp³-hybridized carbons (Fsp3) is 0.529. The topological polar surface area (TPSA) is 81.4 Å². The largest absolute Gasteiger partial charge is 0.365 e. The lowest BCUT2D eigenvalue weighted by Crippen LogP contribution is -2.45. The fourth-order valence-corrected chi connectivity index (χ4v) is 3.55. The number of hydrogen-bond donors (Lipinski definition) is 0. The van der Waals surface area contributed by atoms with Crippen LogP contribution in [0.25, 0.3) is 0 Å². The van der Waals surface area contributed by atoms with Crippen molar-refractivity contribution in [2.75, 3.05) is 13.1 Å². The van der Waals surface area contributed by atoms with E-state index in [0.717, 1.165) is 19.0 Å². The molecular weight excluding hydrogens is 327 g/mol. The first kappa shape index (κ1) is 16.1. The average molecular weight is 346 g/mol. The molecule has 2 aliphatic rings. The van der Waals surface area contributed by atoms with E-state index < -0.39 is 5.82 Å². The van der Waals surface area contributed by atoms with Crippen molar-refractivity contribution in [1.29, 1.82) is 0 Å². The summed E-state index contributed by atoms with van der Waals surface area (Å²) in [4.78, 5) is 22.5. The minimum atomic E-state index is -0.404. The molecule has 1 amide bonds. The second-order valence-corrected chi connectivity index (χ2v) is 6.60. The summed E-state index contributed by atoms with van der Waals surface area (Å²) in [5, 5.41) is 3.94. The third kappa shape index (κ3) is 3.39. The monoisotopic (exact) mass is 346 g/mol. The molecule has 2 fully saturated rings. The number of piperidine rings is 1. The van der Waals surface area contributed by atoms with Gasteiger partial charge in [-0.05, 0) is 30.9 Å². The maximum absolute atomic E-state index is 12.9. The molecular formula is C17H19FN4O3. The van der Waals surface area contributed by atoms with Crippen LogP contribution in [-0.2, 0) is 16.0 Å². The Kier molecular flexibility index (Phi) is 4.20. The first-order chi connectivity index (χ1) is 12.1. The Morgan fingerprint density at radius 1 is 1.44 bits per heavy atom. The molecule has 2 saturated heterocycles. The minimum absolute atomic E-state index is 0.0114. The molecule has 25 heavy (non-hydrogen) atoms. The van der Waals surface area contributed by atoms with E-state index in [1.165, 1.54) is 6.07 Å². The zero-order valence-corrected chi connectivity index (χ0v) is 13.9. The Hall–Kier alpha value is -2.35. The lowest BCUT2D eigenvalue weighted by atomic mass is 9.91. The van der Waals surface area contributed by atoms with Gasteiger partial charge in [0.2, 0.25) is 17.6 Å². The number of nitrogens with zero attached hydrogens (tertiary/aromatic N) is 4. The van der Waals surface area contributed by atoms with Crippen LogP contribution in [0.1, 0.15) is 36.4 Å². The lowest BCUT2D eigenvalue weighted by molar-refractivity contribution is -0.135. The van der Waals surface area contributed by atoms with Gasteiger partial charge in [-0.1, -0.05) is 5.16 Å². The van der Waals surface area contributed by atoms with Crippen molar-refractivity contribution >= 4 is 5.91 Å². The van der Waals surface area contributed by atoms with Crippen molar-refractivity contribution in [2.45, 2.75) is 38.4 Å². The number of hydrogen-bond acceptors (Lipinski definition) is 6. The zero-order chi connectivity index (χ0) is 17.4. The van der Waals surface area contributed by atoms with Gasteiger partial charge in [-0.3, -0.25) is 9.78 Å². The maximum Gasteiger partial charge on any atom is 0.228 e. The first-order valence-corrected chi connectivity index (χ1v) is 8.42. The highest BCUT2D eigenvalue weighted by Gasteiger charge is 2.42. The molecule has 2 aromatic rings. The van der Waals surface area contributed by atoms with Crippen LogP contribution in [0.4, 0.5) is 4.39 Å². The number of amides is 1. The van der Waals surface area contributed by atoms with Crippen LogP contribution in [0.2, 0.25) is 0 Å². The van der Waals surface area contributed by atoms with Gasteiger partial charge in [0.25, 0.3) is 0 Å². The number of carbonyl (C=O) groups excluding carboxylic acids is 1. The van der Waals surface area contributed by atoms with Crippen LogP contribution in [0, 0.1) is 18.7 Å². The predicted octanol–water partition coefficient (Wildman–Crippen LogP) is 1.83. The molecule has 8 heteroatoms. The van der Waals surface area contributed by atoms with E-state index >= 15 is 0 Å². The highest BCUT2D eigenvalue weighted by molar-refractivity contribution is 5.78. The van der Waals surface area contributed by atoms with Crippen molar-refractivity contribution in [3.8, 4) is 0 Å². The number of carbonyl (C=O) groups is 1. The Bertz CT molecular complexity index is 764. The van der Waals surface area contributed by atoms with E-state index in [1.807, 2.05) is 0 Å². The number of ether oxygens (including phenoxy) is 1. The molecule has 2 aromatic heterocycles. The van der Waals surface area contributed by atoms with Crippen LogP contribution in [-0.4, -0.2) is 45.1 Å². The second-order valence-electron chi connectivity index (χ2n) is 6.60. The smallest absolute Gasteiger partial charge is 0.228 e. The fourth-order valence-electron chi connectivity index (χ4n) is 3.55. The number of halogens is 1. The predicted molar refractivity (Wildman–Crippen MR) is 83.9 cm³/mol. The minimum Gasteiger partial charge on any atom is -0.365 e. The van der Waals surface area contributed by atoms with Crippen molar-refractivity contribution < 1.29 is 18.4 Å². The highest BCUT2D eigenvalue weighted by atomic mass is 19.1. The molecule has 0 aromatic carbocycles. The van der Waals surface area contributed by atoms with Crippen molar-refractivity contribution in [3.63, 3.8) is 0 Å². The summed E-state index contributed by atoms with van der Waals surface area (Å²) in [7, 11) is 0. The summed E-state index contributed by atoms with van der Waals surface area (Å²) in [6.07, 6.45) is 2.87. The summed E-state index contributed by atoms with van der Waals surface area (Å²) in [6, 6.07) is 2.86. The maximum atomic E-state index is 12.9. The molecule has 0 radical (unpaired) electrons. The van der Waals surface area contributed by atoms with Gasteiger partial charge < -0.3 is 14.2 Å². The standard InChI is InChI=1S/C17H19FN4O3/c1-10-20-17(21-25-10)14-6-11-4-5-22(9-15(11)24-14)16(23)7-13-3-2-12(18)8-19-13/h2-3,8,11,14-15H,4-7,9H2,1H3/t11-,14+,15+/m0/s1. The molecule has 7 nitrogen and oxygen atoms in total. The van der Waals surface area contributed by atoms with Crippen LogP contribution >= 0.6 is 0 Å². The molecule has 0 unspecified atom stereocenters.